The molecular weight excluding hydrogens is 280 g/mol. The fourth-order valence-corrected chi connectivity index (χ4v) is 2.12. The van der Waals surface area contributed by atoms with Crippen molar-refractivity contribution in [3.63, 3.8) is 0 Å². The molecule has 5 heteroatoms. The minimum absolute atomic E-state index is 0.149. The van der Waals surface area contributed by atoms with E-state index in [0.717, 1.165) is 0 Å². The maximum atomic E-state index is 12.5. The Morgan fingerprint density at radius 1 is 0.864 bits per heavy atom. The zero-order valence-electron chi connectivity index (χ0n) is 12.8. The average molecular weight is 300 g/mol. The lowest BCUT2D eigenvalue weighted by Gasteiger charge is -2.10. The van der Waals surface area contributed by atoms with Gasteiger partial charge in [-0.15, -0.1) is 0 Å². The van der Waals surface area contributed by atoms with Crippen LogP contribution in [0.2, 0.25) is 0 Å². The molecule has 2 aromatic rings. The number of carbonyl (C=O) groups is 1. The van der Waals surface area contributed by atoms with Gasteiger partial charge in [0, 0.05) is 11.1 Å². The number of hydrogen-bond donors (Lipinski definition) is 2. The van der Waals surface area contributed by atoms with Gasteiger partial charge >= 0.3 is 0 Å². The van der Waals surface area contributed by atoms with Crippen molar-refractivity contribution in [3.05, 3.63) is 47.5 Å². The average Bonchev–Trinajstić information content (AvgIpc) is 2.51. The number of benzene rings is 2. The monoisotopic (exact) mass is 300 g/mol. The third-order valence-corrected chi connectivity index (χ3v) is 3.14. The van der Waals surface area contributed by atoms with Crippen molar-refractivity contribution in [1.29, 1.82) is 0 Å². The van der Waals surface area contributed by atoms with Gasteiger partial charge < -0.3 is 20.9 Å². The van der Waals surface area contributed by atoms with E-state index in [1.165, 1.54) is 0 Å². The smallest absolute Gasteiger partial charge is 0.193 e. The number of anilines is 2. The van der Waals surface area contributed by atoms with Crippen LogP contribution in [-0.2, 0) is 0 Å². The second-order valence-corrected chi connectivity index (χ2v) is 4.70. The van der Waals surface area contributed by atoms with Crippen LogP contribution in [0.5, 0.6) is 11.5 Å². The van der Waals surface area contributed by atoms with Crippen LogP contribution in [0.4, 0.5) is 11.4 Å². The zero-order valence-corrected chi connectivity index (χ0v) is 12.8. The van der Waals surface area contributed by atoms with Gasteiger partial charge in [0.15, 0.2) is 5.78 Å². The van der Waals surface area contributed by atoms with Crippen LogP contribution in [-0.4, -0.2) is 19.0 Å². The predicted molar refractivity (Wildman–Crippen MR) is 87.5 cm³/mol. The van der Waals surface area contributed by atoms with Crippen molar-refractivity contribution in [3.8, 4) is 11.5 Å². The maximum Gasteiger partial charge on any atom is 0.193 e. The van der Waals surface area contributed by atoms with Gasteiger partial charge in [0.25, 0.3) is 0 Å². The number of ketones is 1. The lowest BCUT2D eigenvalue weighted by molar-refractivity contribution is 0.103. The van der Waals surface area contributed by atoms with E-state index in [1.807, 2.05) is 13.8 Å². The molecule has 0 aliphatic heterocycles. The Morgan fingerprint density at radius 2 is 1.27 bits per heavy atom. The van der Waals surface area contributed by atoms with Gasteiger partial charge in [-0.3, -0.25) is 4.79 Å². The highest BCUT2D eigenvalue weighted by Gasteiger charge is 2.13. The fraction of sp³-hybridized carbons (Fsp3) is 0.235. The molecule has 0 radical (unpaired) electrons. The molecule has 0 bridgehead atoms. The molecule has 0 heterocycles. The van der Waals surface area contributed by atoms with E-state index in [0.29, 0.717) is 47.2 Å². The molecule has 0 fully saturated rings. The first-order chi connectivity index (χ1) is 10.6. The number of nitrogen functional groups attached to an aromatic ring is 2. The molecule has 0 aliphatic rings. The summed E-state index contributed by atoms with van der Waals surface area (Å²) in [6.45, 7) is 4.79. The number of rotatable bonds is 6. The Labute approximate surface area is 129 Å². The summed E-state index contributed by atoms with van der Waals surface area (Å²) in [5.41, 5.74) is 13.6. The first-order valence-corrected chi connectivity index (χ1v) is 7.16. The van der Waals surface area contributed by atoms with Crippen molar-refractivity contribution in [2.75, 3.05) is 24.7 Å². The first-order valence-electron chi connectivity index (χ1n) is 7.16. The molecule has 0 spiro atoms. The van der Waals surface area contributed by atoms with Gasteiger partial charge in [0.2, 0.25) is 0 Å². The second-order valence-electron chi connectivity index (χ2n) is 4.70. The summed E-state index contributed by atoms with van der Waals surface area (Å²) >= 11 is 0. The van der Waals surface area contributed by atoms with Crippen molar-refractivity contribution >= 4 is 17.2 Å². The molecule has 0 aromatic heterocycles. The van der Waals surface area contributed by atoms with Crippen LogP contribution in [0.15, 0.2) is 36.4 Å². The predicted octanol–water partition coefficient (Wildman–Crippen LogP) is 2.88. The molecule has 0 aliphatic carbocycles. The first kappa shape index (κ1) is 15.7. The van der Waals surface area contributed by atoms with E-state index < -0.39 is 0 Å². The van der Waals surface area contributed by atoms with Crippen molar-refractivity contribution in [2.24, 2.45) is 0 Å². The third-order valence-electron chi connectivity index (χ3n) is 3.14. The standard InChI is InChI=1S/C17H20N2O3/c1-3-21-15-7-5-11(9-13(15)18)17(20)12-6-8-16(22-4-2)14(19)10-12/h5-10H,3-4,18-19H2,1-2H3. The van der Waals surface area contributed by atoms with Crippen LogP contribution in [0, 0.1) is 0 Å². The highest BCUT2D eigenvalue weighted by atomic mass is 16.5. The van der Waals surface area contributed by atoms with Gasteiger partial charge in [0.1, 0.15) is 11.5 Å². The molecule has 2 aromatic carbocycles. The summed E-state index contributed by atoms with van der Waals surface area (Å²) in [6.07, 6.45) is 0. The Hall–Kier alpha value is -2.69. The normalized spacial score (nSPS) is 10.3. The summed E-state index contributed by atoms with van der Waals surface area (Å²) in [5, 5.41) is 0. The van der Waals surface area contributed by atoms with E-state index in [1.54, 1.807) is 36.4 Å². The van der Waals surface area contributed by atoms with Gasteiger partial charge in [-0.2, -0.15) is 0 Å². The number of carbonyl (C=O) groups excluding carboxylic acids is 1. The summed E-state index contributed by atoms with van der Waals surface area (Å²) in [4.78, 5) is 12.5. The van der Waals surface area contributed by atoms with Crippen LogP contribution in [0.3, 0.4) is 0 Å². The molecule has 4 N–H and O–H groups in total. The van der Waals surface area contributed by atoms with E-state index >= 15 is 0 Å². The Balaban J connectivity index is 2.28. The lowest BCUT2D eigenvalue weighted by Crippen LogP contribution is -2.05. The summed E-state index contributed by atoms with van der Waals surface area (Å²) < 4.78 is 10.7. The zero-order chi connectivity index (χ0) is 16.1. The van der Waals surface area contributed by atoms with E-state index in [2.05, 4.69) is 0 Å². The van der Waals surface area contributed by atoms with Crippen molar-refractivity contribution < 1.29 is 14.3 Å². The van der Waals surface area contributed by atoms with Crippen molar-refractivity contribution in [1.82, 2.24) is 0 Å². The number of ether oxygens (including phenoxy) is 2. The SMILES string of the molecule is CCOc1ccc(C(=O)c2ccc(OCC)c(N)c2)cc1N. The summed E-state index contributed by atoms with van der Waals surface area (Å²) in [5.74, 6) is 1.00. The molecule has 2 rings (SSSR count). The molecule has 116 valence electrons. The number of nitrogens with two attached hydrogens (primary N) is 2. The quantitative estimate of drug-likeness (QED) is 0.632. The van der Waals surface area contributed by atoms with Crippen LogP contribution in [0.25, 0.3) is 0 Å². The Bertz CT molecular complexity index is 626. The highest BCUT2D eigenvalue weighted by molar-refractivity contribution is 6.10. The highest BCUT2D eigenvalue weighted by Crippen LogP contribution is 2.26. The van der Waals surface area contributed by atoms with Crippen LogP contribution in [0.1, 0.15) is 29.8 Å². The maximum absolute atomic E-state index is 12.5. The number of hydrogen-bond acceptors (Lipinski definition) is 5. The van der Waals surface area contributed by atoms with Crippen molar-refractivity contribution in [2.45, 2.75) is 13.8 Å². The van der Waals surface area contributed by atoms with E-state index in [4.69, 9.17) is 20.9 Å². The topological polar surface area (TPSA) is 87.6 Å². The van der Waals surface area contributed by atoms with Gasteiger partial charge in [-0.1, -0.05) is 0 Å². The third kappa shape index (κ3) is 3.31. The molecule has 0 saturated carbocycles. The van der Waals surface area contributed by atoms with Gasteiger partial charge in [0.05, 0.1) is 24.6 Å². The molecule has 22 heavy (non-hydrogen) atoms. The second kappa shape index (κ2) is 6.85. The van der Waals surface area contributed by atoms with E-state index in [9.17, 15) is 4.79 Å². The van der Waals surface area contributed by atoms with E-state index in [-0.39, 0.29) is 5.78 Å². The molecule has 0 unspecified atom stereocenters. The Kier molecular flexibility index (Phi) is 4.88. The summed E-state index contributed by atoms with van der Waals surface area (Å²) in [6, 6.07) is 10.0. The lowest BCUT2D eigenvalue weighted by atomic mass is 10.0. The molecular formula is C17H20N2O3. The molecule has 0 atom stereocenters. The largest absolute Gasteiger partial charge is 0.492 e. The molecule has 0 amide bonds. The summed E-state index contributed by atoms with van der Waals surface area (Å²) in [7, 11) is 0. The van der Waals surface area contributed by atoms with Crippen LogP contribution < -0.4 is 20.9 Å². The molecule has 0 saturated heterocycles. The minimum atomic E-state index is -0.149. The molecule has 5 nitrogen and oxygen atoms in total. The van der Waals surface area contributed by atoms with Gasteiger partial charge in [-0.25, -0.2) is 0 Å². The minimum Gasteiger partial charge on any atom is -0.492 e. The van der Waals surface area contributed by atoms with Crippen LogP contribution >= 0.6 is 0 Å². The Morgan fingerprint density at radius 3 is 1.59 bits per heavy atom. The van der Waals surface area contributed by atoms with Gasteiger partial charge in [-0.05, 0) is 50.2 Å². The fourth-order valence-electron chi connectivity index (χ4n) is 2.12.